The van der Waals surface area contributed by atoms with Crippen LogP contribution in [0.5, 0.6) is 0 Å². The first-order chi connectivity index (χ1) is 8.78. The molecule has 1 fully saturated rings. The van der Waals surface area contributed by atoms with Crippen LogP contribution in [0.1, 0.15) is 42.2 Å². The molecule has 1 nitrogen and oxygen atoms in total. The van der Waals surface area contributed by atoms with Gasteiger partial charge in [0.25, 0.3) is 0 Å². The normalized spacial score (nSPS) is 15.4. The number of hydrogen-bond donors (Lipinski definition) is 1. The first-order valence-corrected chi connectivity index (χ1v) is 7.84. The van der Waals surface area contributed by atoms with Gasteiger partial charge >= 0.3 is 0 Å². The topological polar surface area (TPSA) is 12.0 Å². The summed E-state index contributed by atoms with van der Waals surface area (Å²) >= 11 is 1.98. The molecule has 1 N–H and O–H groups in total. The van der Waals surface area contributed by atoms with E-state index in [9.17, 15) is 0 Å². The highest BCUT2D eigenvalue weighted by Gasteiger charge is 2.21. The third-order valence-electron chi connectivity index (χ3n) is 3.66. The molecule has 1 aromatic carbocycles. The van der Waals surface area contributed by atoms with E-state index < -0.39 is 0 Å². The van der Waals surface area contributed by atoms with E-state index in [0.29, 0.717) is 0 Å². The molecule has 1 heterocycles. The fraction of sp³-hybridized carbons (Fsp3) is 0.500. The number of thiophene rings is 1. The molecule has 0 atom stereocenters. The summed E-state index contributed by atoms with van der Waals surface area (Å²) in [6.07, 6.45) is 5.18. The smallest absolute Gasteiger partial charge is 0.0349 e. The lowest BCUT2D eigenvalue weighted by Crippen LogP contribution is -2.15. The second kappa shape index (κ2) is 5.02. The van der Waals surface area contributed by atoms with E-state index in [-0.39, 0.29) is 0 Å². The van der Waals surface area contributed by atoms with Gasteiger partial charge in [-0.2, -0.15) is 0 Å². The summed E-state index contributed by atoms with van der Waals surface area (Å²) in [5, 5.41) is 5.15. The second-order valence-corrected chi connectivity index (χ2v) is 6.55. The monoisotopic (exact) mass is 259 g/mol. The summed E-state index contributed by atoms with van der Waals surface area (Å²) in [5.74, 6) is 0. The quantitative estimate of drug-likeness (QED) is 0.838. The Bertz CT molecular complexity index is 551. The molecule has 1 saturated carbocycles. The van der Waals surface area contributed by atoms with E-state index in [4.69, 9.17) is 0 Å². The molecule has 0 spiro atoms. The molecule has 2 aromatic rings. The summed E-state index contributed by atoms with van der Waals surface area (Å²) in [4.78, 5) is 1.56. The zero-order valence-electron chi connectivity index (χ0n) is 11.3. The van der Waals surface area contributed by atoms with Crippen LogP contribution in [0.4, 0.5) is 0 Å². The zero-order valence-corrected chi connectivity index (χ0v) is 12.1. The predicted molar refractivity (Wildman–Crippen MR) is 80.4 cm³/mol. The summed E-state index contributed by atoms with van der Waals surface area (Å²) in [6, 6.07) is 7.67. The zero-order chi connectivity index (χ0) is 12.5. The Kier molecular flexibility index (Phi) is 3.40. The van der Waals surface area contributed by atoms with Gasteiger partial charge in [-0.05, 0) is 43.2 Å². The minimum absolute atomic E-state index is 0.798. The third-order valence-corrected chi connectivity index (χ3v) is 4.87. The molecule has 0 radical (unpaired) electrons. The van der Waals surface area contributed by atoms with E-state index in [2.05, 4.69) is 37.4 Å². The van der Waals surface area contributed by atoms with Crippen molar-refractivity contribution in [1.82, 2.24) is 5.32 Å². The van der Waals surface area contributed by atoms with Crippen LogP contribution in [0, 0.1) is 6.92 Å². The van der Waals surface area contributed by atoms with E-state index in [1.165, 1.54) is 41.3 Å². The van der Waals surface area contributed by atoms with Gasteiger partial charge in [0.1, 0.15) is 0 Å². The van der Waals surface area contributed by atoms with Crippen molar-refractivity contribution in [3.63, 3.8) is 0 Å². The Hall–Kier alpha value is -0.860. The Labute approximate surface area is 113 Å². The average Bonchev–Trinajstić information content (AvgIpc) is 3.13. The van der Waals surface area contributed by atoms with Gasteiger partial charge in [-0.3, -0.25) is 0 Å². The molecule has 1 aliphatic rings. The number of nitrogens with one attached hydrogen (secondary N) is 1. The number of aryl methyl sites for hydroxylation is 2. The van der Waals surface area contributed by atoms with Gasteiger partial charge in [0.2, 0.25) is 0 Å². The van der Waals surface area contributed by atoms with Crippen LogP contribution in [0.2, 0.25) is 0 Å². The Morgan fingerprint density at radius 3 is 2.89 bits per heavy atom. The van der Waals surface area contributed by atoms with E-state index in [0.717, 1.165) is 12.6 Å². The standard InChI is InChI=1S/C16H21NS/c1-3-4-13-14-9-11(2)5-8-15(14)18-16(13)10-17-12-6-7-12/h5,8-9,12,17H,3-4,6-7,10H2,1-2H3. The Balaban J connectivity index is 1.96. The minimum atomic E-state index is 0.798. The van der Waals surface area contributed by atoms with E-state index in [1.807, 2.05) is 11.3 Å². The third kappa shape index (κ3) is 2.45. The lowest BCUT2D eigenvalue weighted by molar-refractivity contribution is 0.690. The number of rotatable bonds is 5. The fourth-order valence-corrected chi connectivity index (χ4v) is 3.69. The molecular formula is C16H21NS. The van der Waals surface area contributed by atoms with Crippen LogP contribution in [0.25, 0.3) is 10.1 Å². The lowest BCUT2D eigenvalue weighted by atomic mass is 10.0. The SMILES string of the molecule is CCCc1c(CNC2CC2)sc2ccc(C)cc12. The maximum absolute atomic E-state index is 3.66. The molecule has 2 heteroatoms. The molecule has 0 unspecified atom stereocenters. The first-order valence-electron chi connectivity index (χ1n) is 7.02. The molecule has 3 rings (SSSR count). The van der Waals surface area contributed by atoms with Crippen molar-refractivity contribution in [3.05, 3.63) is 34.2 Å². The average molecular weight is 259 g/mol. The summed E-state index contributed by atoms with van der Waals surface area (Å²) in [7, 11) is 0. The van der Waals surface area contributed by atoms with Gasteiger partial charge < -0.3 is 5.32 Å². The molecule has 1 aromatic heterocycles. The molecule has 1 aliphatic carbocycles. The first kappa shape index (κ1) is 12.2. The van der Waals surface area contributed by atoms with Gasteiger partial charge in [0.15, 0.2) is 0 Å². The molecule has 0 aliphatic heterocycles. The van der Waals surface area contributed by atoms with Gasteiger partial charge in [-0.15, -0.1) is 11.3 Å². The maximum Gasteiger partial charge on any atom is 0.0349 e. The Morgan fingerprint density at radius 2 is 2.17 bits per heavy atom. The van der Waals surface area contributed by atoms with Gasteiger partial charge in [-0.1, -0.05) is 31.0 Å². The highest BCUT2D eigenvalue weighted by Crippen LogP contribution is 2.33. The van der Waals surface area contributed by atoms with E-state index in [1.54, 1.807) is 10.4 Å². The highest BCUT2D eigenvalue weighted by molar-refractivity contribution is 7.19. The van der Waals surface area contributed by atoms with Crippen molar-refractivity contribution in [2.24, 2.45) is 0 Å². The molecular weight excluding hydrogens is 238 g/mol. The van der Waals surface area contributed by atoms with E-state index >= 15 is 0 Å². The van der Waals surface area contributed by atoms with Crippen LogP contribution in [-0.4, -0.2) is 6.04 Å². The predicted octanol–water partition coefficient (Wildman–Crippen LogP) is 4.41. The number of benzene rings is 1. The Morgan fingerprint density at radius 1 is 1.33 bits per heavy atom. The fourth-order valence-electron chi connectivity index (χ4n) is 2.50. The van der Waals surface area contributed by atoms with Gasteiger partial charge in [0, 0.05) is 22.2 Å². The lowest BCUT2D eigenvalue weighted by Gasteiger charge is -2.04. The van der Waals surface area contributed by atoms with Gasteiger partial charge in [0.05, 0.1) is 0 Å². The minimum Gasteiger partial charge on any atom is -0.309 e. The number of hydrogen-bond acceptors (Lipinski definition) is 2. The summed E-state index contributed by atoms with van der Waals surface area (Å²) in [5.41, 5.74) is 2.97. The van der Waals surface area contributed by atoms with Crippen molar-refractivity contribution in [2.75, 3.05) is 0 Å². The molecule has 0 amide bonds. The largest absolute Gasteiger partial charge is 0.309 e. The van der Waals surface area contributed by atoms with Crippen molar-refractivity contribution >= 4 is 21.4 Å². The molecule has 18 heavy (non-hydrogen) atoms. The van der Waals surface area contributed by atoms with Crippen LogP contribution < -0.4 is 5.32 Å². The van der Waals surface area contributed by atoms with Gasteiger partial charge in [-0.25, -0.2) is 0 Å². The summed E-state index contributed by atoms with van der Waals surface area (Å²) < 4.78 is 1.46. The van der Waals surface area contributed by atoms with Crippen molar-refractivity contribution < 1.29 is 0 Å². The van der Waals surface area contributed by atoms with Crippen molar-refractivity contribution in [2.45, 2.75) is 52.1 Å². The maximum atomic E-state index is 3.66. The molecule has 0 saturated heterocycles. The van der Waals surface area contributed by atoms with Crippen LogP contribution in [0.15, 0.2) is 18.2 Å². The van der Waals surface area contributed by atoms with Crippen LogP contribution in [-0.2, 0) is 13.0 Å². The molecule has 96 valence electrons. The molecule has 0 bridgehead atoms. The van der Waals surface area contributed by atoms with Crippen LogP contribution >= 0.6 is 11.3 Å². The summed E-state index contributed by atoms with van der Waals surface area (Å²) in [6.45, 7) is 5.53. The highest BCUT2D eigenvalue weighted by atomic mass is 32.1. The van der Waals surface area contributed by atoms with Crippen molar-refractivity contribution in [1.29, 1.82) is 0 Å². The van der Waals surface area contributed by atoms with Crippen molar-refractivity contribution in [3.8, 4) is 0 Å². The van der Waals surface area contributed by atoms with Crippen LogP contribution in [0.3, 0.4) is 0 Å². The second-order valence-electron chi connectivity index (χ2n) is 5.41. The number of fused-ring (bicyclic) bond motifs is 1.